The molecule has 0 rings (SSSR count). The molecule has 1 N–H and O–H groups in total. The van der Waals surface area contributed by atoms with Crippen molar-refractivity contribution in [2.75, 3.05) is 13.1 Å². The highest BCUT2D eigenvalue weighted by Gasteiger charge is 2.01. The van der Waals surface area contributed by atoms with E-state index in [0.717, 1.165) is 11.8 Å². The van der Waals surface area contributed by atoms with Crippen LogP contribution in [0.15, 0.2) is 0 Å². The predicted molar refractivity (Wildman–Crippen MR) is 103 cm³/mol. The Labute approximate surface area is 142 Å². The minimum atomic E-state index is 0.858. The summed E-state index contributed by atoms with van der Waals surface area (Å²) < 4.78 is 0. The van der Waals surface area contributed by atoms with Crippen LogP contribution in [0.2, 0.25) is 0 Å². The molecule has 0 saturated heterocycles. The number of hydrogen-bond acceptors (Lipinski definition) is 1. The quantitative estimate of drug-likeness (QED) is 0.286. The molecule has 0 amide bonds. The molecule has 22 heavy (non-hydrogen) atoms. The van der Waals surface area contributed by atoms with E-state index < -0.39 is 0 Å². The van der Waals surface area contributed by atoms with E-state index in [4.69, 9.17) is 0 Å². The Bertz CT molecular complexity index is 200. The molecule has 1 unspecified atom stereocenters. The van der Waals surface area contributed by atoms with Gasteiger partial charge < -0.3 is 5.32 Å². The van der Waals surface area contributed by atoms with E-state index in [-0.39, 0.29) is 0 Å². The van der Waals surface area contributed by atoms with E-state index in [9.17, 15) is 0 Å². The molecule has 1 atom stereocenters. The van der Waals surface area contributed by atoms with Crippen LogP contribution in [0.1, 0.15) is 111 Å². The fraction of sp³-hybridized carbons (Fsp3) is 1.00. The average Bonchev–Trinajstić information content (AvgIpc) is 2.48. The first-order chi connectivity index (χ1) is 10.7. The zero-order valence-electron chi connectivity index (χ0n) is 16.3. The highest BCUT2D eigenvalue weighted by molar-refractivity contribution is 4.58. The van der Waals surface area contributed by atoms with E-state index in [1.165, 1.54) is 96.6 Å². The molecule has 0 aromatic carbocycles. The van der Waals surface area contributed by atoms with Crippen LogP contribution in [0.25, 0.3) is 0 Å². The lowest BCUT2D eigenvalue weighted by Gasteiger charge is -2.12. The summed E-state index contributed by atoms with van der Waals surface area (Å²) in [7, 11) is 0. The summed E-state index contributed by atoms with van der Waals surface area (Å²) in [4.78, 5) is 0. The topological polar surface area (TPSA) is 12.0 Å². The Morgan fingerprint density at radius 3 is 1.82 bits per heavy atom. The van der Waals surface area contributed by atoms with Crippen molar-refractivity contribution in [3.8, 4) is 0 Å². The summed E-state index contributed by atoms with van der Waals surface area (Å²) in [5.41, 5.74) is 0. The van der Waals surface area contributed by atoms with Crippen LogP contribution < -0.4 is 5.32 Å². The predicted octanol–water partition coefficient (Wildman–Crippen LogP) is 6.96. The lowest BCUT2D eigenvalue weighted by Crippen LogP contribution is -2.22. The Hall–Kier alpha value is -0.0400. The van der Waals surface area contributed by atoms with Crippen molar-refractivity contribution in [2.45, 2.75) is 111 Å². The summed E-state index contributed by atoms with van der Waals surface area (Å²) in [6.45, 7) is 11.8. The largest absolute Gasteiger partial charge is 0.316 e. The standard InChI is InChI=1S/C21H45N/c1-5-6-7-8-9-10-14-17-21(4)19-22-18-15-12-11-13-16-20(2)3/h20-22H,5-19H2,1-4H3. The third-order valence-corrected chi connectivity index (χ3v) is 4.68. The summed E-state index contributed by atoms with van der Waals surface area (Å²) in [5.74, 6) is 1.74. The molecule has 0 heterocycles. The summed E-state index contributed by atoms with van der Waals surface area (Å²) >= 11 is 0. The van der Waals surface area contributed by atoms with E-state index >= 15 is 0 Å². The Morgan fingerprint density at radius 1 is 0.636 bits per heavy atom. The molecule has 0 bridgehead atoms. The maximum absolute atomic E-state index is 3.65. The highest BCUT2D eigenvalue weighted by Crippen LogP contribution is 2.12. The zero-order chi connectivity index (χ0) is 16.5. The first-order valence-corrected chi connectivity index (χ1v) is 10.4. The maximum atomic E-state index is 3.65. The monoisotopic (exact) mass is 311 g/mol. The van der Waals surface area contributed by atoms with E-state index in [2.05, 4.69) is 33.0 Å². The first-order valence-electron chi connectivity index (χ1n) is 10.4. The van der Waals surface area contributed by atoms with Gasteiger partial charge in [0.25, 0.3) is 0 Å². The first kappa shape index (κ1) is 22.0. The molecular weight excluding hydrogens is 266 g/mol. The third-order valence-electron chi connectivity index (χ3n) is 4.68. The van der Waals surface area contributed by atoms with Gasteiger partial charge in [0, 0.05) is 0 Å². The fourth-order valence-corrected chi connectivity index (χ4v) is 3.06. The van der Waals surface area contributed by atoms with Gasteiger partial charge in [0.1, 0.15) is 0 Å². The van der Waals surface area contributed by atoms with Gasteiger partial charge in [-0.3, -0.25) is 0 Å². The van der Waals surface area contributed by atoms with Crippen LogP contribution in [0, 0.1) is 11.8 Å². The van der Waals surface area contributed by atoms with Crippen molar-refractivity contribution in [2.24, 2.45) is 11.8 Å². The molecule has 0 aliphatic heterocycles. The van der Waals surface area contributed by atoms with Crippen LogP contribution in [0.5, 0.6) is 0 Å². The van der Waals surface area contributed by atoms with E-state index in [1.54, 1.807) is 0 Å². The number of unbranched alkanes of at least 4 members (excludes halogenated alkanes) is 9. The van der Waals surface area contributed by atoms with Gasteiger partial charge in [-0.1, -0.05) is 98.3 Å². The van der Waals surface area contributed by atoms with Crippen molar-refractivity contribution >= 4 is 0 Å². The van der Waals surface area contributed by atoms with Gasteiger partial charge in [0.15, 0.2) is 0 Å². The molecule has 1 heteroatoms. The van der Waals surface area contributed by atoms with Gasteiger partial charge in [-0.15, -0.1) is 0 Å². The SMILES string of the molecule is CCCCCCCCCC(C)CNCCCCCCC(C)C. The fourth-order valence-electron chi connectivity index (χ4n) is 3.06. The van der Waals surface area contributed by atoms with Crippen LogP contribution in [-0.4, -0.2) is 13.1 Å². The van der Waals surface area contributed by atoms with Crippen molar-refractivity contribution in [1.82, 2.24) is 5.32 Å². The van der Waals surface area contributed by atoms with Crippen LogP contribution in [-0.2, 0) is 0 Å². The summed E-state index contributed by atoms with van der Waals surface area (Å²) in [6.07, 6.45) is 18.5. The minimum absolute atomic E-state index is 0.858. The average molecular weight is 312 g/mol. The van der Waals surface area contributed by atoms with Gasteiger partial charge in [0.2, 0.25) is 0 Å². The molecule has 0 aromatic rings. The van der Waals surface area contributed by atoms with Gasteiger partial charge in [-0.25, -0.2) is 0 Å². The second-order valence-corrected chi connectivity index (χ2v) is 7.82. The van der Waals surface area contributed by atoms with Crippen molar-refractivity contribution in [3.05, 3.63) is 0 Å². The van der Waals surface area contributed by atoms with Gasteiger partial charge in [-0.2, -0.15) is 0 Å². The van der Waals surface area contributed by atoms with Gasteiger partial charge >= 0.3 is 0 Å². The lowest BCUT2D eigenvalue weighted by molar-refractivity contribution is 0.443. The molecule has 0 radical (unpaired) electrons. The normalized spacial score (nSPS) is 13.0. The molecule has 0 fully saturated rings. The summed E-state index contributed by atoms with van der Waals surface area (Å²) in [6, 6.07) is 0. The van der Waals surface area contributed by atoms with E-state index in [1.807, 2.05) is 0 Å². The molecule has 1 nitrogen and oxygen atoms in total. The lowest BCUT2D eigenvalue weighted by atomic mass is 10.0. The van der Waals surface area contributed by atoms with Gasteiger partial charge in [0.05, 0.1) is 0 Å². The number of rotatable bonds is 17. The summed E-state index contributed by atoms with van der Waals surface area (Å²) in [5, 5.41) is 3.65. The van der Waals surface area contributed by atoms with Crippen molar-refractivity contribution < 1.29 is 0 Å². The van der Waals surface area contributed by atoms with Gasteiger partial charge in [-0.05, 0) is 37.8 Å². The van der Waals surface area contributed by atoms with Crippen molar-refractivity contribution in [3.63, 3.8) is 0 Å². The second-order valence-electron chi connectivity index (χ2n) is 7.82. The zero-order valence-corrected chi connectivity index (χ0v) is 16.3. The van der Waals surface area contributed by atoms with Crippen LogP contribution in [0.3, 0.4) is 0 Å². The van der Waals surface area contributed by atoms with Crippen molar-refractivity contribution in [1.29, 1.82) is 0 Å². The third kappa shape index (κ3) is 18.0. The molecule has 0 aromatic heterocycles. The Balaban J connectivity index is 3.14. The highest BCUT2D eigenvalue weighted by atomic mass is 14.8. The molecule has 0 aliphatic carbocycles. The Morgan fingerprint density at radius 2 is 1.18 bits per heavy atom. The number of nitrogens with one attached hydrogen (secondary N) is 1. The Kier molecular flexibility index (Phi) is 17.3. The molecular formula is C21H45N. The minimum Gasteiger partial charge on any atom is -0.316 e. The smallest absolute Gasteiger partial charge is 0.00232 e. The number of hydrogen-bond donors (Lipinski definition) is 1. The van der Waals surface area contributed by atoms with Crippen LogP contribution in [0.4, 0.5) is 0 Å². The second kappa shape index (κ2) is 17.3. The molecule has 134 valence electrons. The maximum Gasteiger partial charge on any atom is -0.00232 e. The molecule has 0 saturated carbocycles. The van der Waals surface area contributed by atoms with Crippen LogP contribution >= 0.6 is 0 Å². The molecule has 0 aliphatic rings. The molecule has 0 spiro atoms. The van der Waals surface area contributed by atoms with E-state index in [0.29, 0.717) is 0 Å².